The summed E-state index contributed by atoms with van der Waals surface area (Å²) in [6.45, 7) is 0. The van der Waals surface area contributed by atoms with Gasteiger partial charge >= 0.3 is 0 Å². The summed E-state index contributed by atoms with van der Waals surface area (Å²) in [5, 5.41) is 21.2. The number of carbonyl (C=O) groups excluding carboxylic acids is 3. The first kappa shape index (κ1) is 12.1. The molecular weight excluding hydrogens is 214 g/mol. The van der Waals surface area contributed by atoms with Gasteiger partial charge in [-0.25, -0.2) is 0 Å². The number of hydrogen-bond acceptors (Lipinski definition) is 5. The van der Waals surface area contributed by atoms with E-state index in [0.29, 0.717) is 0 Å². The van der Waals surface area contributed by atoms with E-state index < -0.39 is 29.6 Å². The molecule has 0 heterocycles. The highest BCUT2D eigenvalue weighted by molar-refractivity contribution is 6.32. The van der Waals surface area contributed by atoms with Crippen molar-refractivity contribution in [2.24, 2.45) is 5.41 Å². The van der Waals surface area contributed by atoms with Crippen molar-refractivity contribution >= 4 is 17.7 Å². The van der Waals surface area contributed by atoms with Crippen LogP contribution in [0.2, 0.25) is 0 Å². The minimum Gasteiger partial charge on any atom is -0.549 e. The van der Waals surface area contributed by atoms with E-state index in [1.165, 1.54) is 24.3 Å². The van der Waals surface area contributed by atoms with Crippen LogP contribution in [0.5, 0.6) is 0 Å². The summed E-state index contributed by atoms with van der Waals surface area (Å²) in [6.07, 6.45) is 4.68. The van der Waals surface area contributed by atoms with E-state index in [4.69, 9.17) is 0 Å². The number of ketones is 1. The SMILES string of the molecule is [NH3+]C1C=CC(CC(=O)C(=O)[O-])(C(=O)[O-])C=C1. The third-order valence-corrected chi connectivity index (χ3v) is 2.34. The Balaban J connectivity index is 2.96. The van der Waals surface area contributed by atoms with Gasteiger partial charge in [0.2, 0.25) is 0 Å². The zero-order valence-corrected chi connectivity index (χ0v) is 8.34. The van der Waals surface area contributed by atoms with Gasteiger partial charge in [-0.05, 0) is 12.2 Å². The third kappa shape index (κ3) is 2.34. The summed E-state index contributed by atoms with van der Waals surface area (Å²) < 4.78 is 0. The highest BCUT2D eigenvalue weighted by Crippen LogP contribution is 2.28. The minimum atomic E-state index is -1.90. The van der Waals surface area contributed by atoms with Gasteiger partial charge in [0.15, 0.2) is 5.78 Å². The van der Waals surface area contributed by atoms with Gasteiger partial charge < -0.3 is 25.5 Å². The molecule has 16 heavy (non-hydrogen) atoms. The molecule has 0 aromatic heterocycles. The molecule has 1 aliphatic carbocycles. The molecule has 0 unspecified atom stereocenters. The number of Topliss-reactive ketones (excluding diaryl/α,β-unsaturated/α-hetero) is 1. The van der Waals surface area contributed by atoms with Gasteiger partial charge in [0.1, 0.15) is 12.0 Å². The molecule has 0 radical (unpaired) electrons. The Morgan fingerprint density at radius 1 is 1.19 bits per heavy atom. The van der Waals surface area contributed by atoms with Crippen molar-refractivity contribution in [3.05, 3.63) is 24.3 Å². The van der Waals surface area contributed by atoms with Crippen LogP contribution in [0.4, 0.5) is 0 Å². The largest absolute Gasteiger partial charge is 0.549 e. The predicted octanol–water partition coefficient (Wildman–Crippen LogP) is -3.83. The first-order valence-electron chi connectivity index (χ1n) is 4.55. The number of carboxylic acid groups (broad SMARTS) is 2. The number of aliphatic carboxylic acids is 2. The fraction of sp³-hybridized carbons (Fsp3) is 0.300. The van der Waals surface area contributed by atoms with Crippen LogP contribution < -0.4 is 15.9 Å². The lowest BCUT2D eigenvalue weighted by molar-refractivity contribution is -0.387. The molecule has 6 nitrogen and oxygen atoms in total. The van der Waals surface area contributed by atoms with Gasteiger partial charge in [-0.2, -0.15) is 0 Å². The van der Waals surface area contributed by atoms with E-state index in [1.807, 2.05) is 0 Å². The van der Waals surface area contributed by atoms with Gasteiger partial charge in [0, 0.05) is 6.42 Å². The summed E-state index contributed by atoms with van der Waals surface area (Å²) >= 11 is 0. The Morgan fingerprint density at radius 3 is 2.06 bits per heavy atom. The van der Waals surface area contributed by atoms with E-state index in [9.17, 15) is 24.6 Å². The van der Waals surface area contributed by atoms with E-state index in [2.05, 4.69) is 5.73 Å². The molecule has 1 aliphatic rings. The number of carbonyl (C=O) groups is 3. The van der Waals surface area contributed by atoms with Crippen molar-refractivity contribution in [1.29, 1.82) is 0 Å². The maximum absolute atomic E-state index is 11.0. The molecule has 6 heteroatoms. The summed E-state index contributed by atoms with van der Waals surface area (Å²) in [6, 6.07) is -0.203. The average molecular weight is 224 g/mol. The fourth-order valence-electron chi connectivity index (χ4n) is 1.37. The van der Waals surface area contributed by atoms with Gasteiger partial charge in [-0.3, -0.25) is 4.79 Å². The lowest BCUT2D eigenvalue weighted by atomic mass is 9.79. The van der Waals surface area contributed by atoms with Gasteiger partial charge in [0.05, 0.1) is 11.4 Å². The highest BCUT2D eigenvalue weighted by atomic mass is 16.4. The molecule has 0 saturated carbocycles. The Labute approximate surface area is 91.1 Å². The summed E-state index contributed by atoms with van der Waals surface area (Å²) in [4.78, 5) is 32.2. The highest BCUT2D eigenvalue weighted by Gasteiger charge is 2.31. The zero-order chi connectivity index (χ0) is 12.3. The maximum atomic E-state index is 11.0. The van der Waals surface area contributed by atoms with Crippen LogP contribution in [0.15, 0.2) is 24.3 Å². The van der Waals surface area contributed by atoms with Crippen LogP contribution in [0.1, 0.15) is 6.42 Å². The van der Waals surface area contributed by atoms with Crippen LogP contribution >= 0.6 is 0 Å². The van der Waals surface area contributed by atoms with Crippen molar-refractivity contribution in [3.8, 4) is 0 Å². The Hall–Kier alpha value is -1.95. The topological polar surface area (TPSA) is 125 Å². The van der Waals surface area contributed by atoms with Crippen molar-refractivity contribution in [2.45, 2.75) is 12.5 Å². The third-order valence-electron chi connectivity index (χ3n) is 2.34. The zero-order valence-electron chi connectivity index (χ0n) is 8.34. The molecule has 0 atom stereocenters. The summed E-state index contributed by atoms with van der Waals surface area (Å²) in [5.41, 5.74) is 1.93. The summed E-state index contributed by atoms with van der Waals surface area (Å²) in [7, 11) is 0. The van der Waals surface area contributed by atoms with E-state index in [0.717, 1.165) is 0 Å². The quantitative estimate of drug-likeness (QED) is 0.387. The Bertz CT molecular complexity index is 382. The Morgan fingerprint density at radius 2 is 1.69 bits per heavy atom. The van der Waals surface area contributed by atoms with E-state index >= 15 is 0 Å². The minimum absolute atomic E-state index is 0.203. The van der Waals surface area contributed by atoms with Crippen molar-refractivity contribution < 1.29 is 30.3 Å². The number of quaternary nitrogens is 1. The van der Waals surface area contributed by atoms with E-state index in [-0.39, 0.29) is 6.04 Å². The lowest BCUT2D eigenvalue weighted by Crippen LogP contribution is -2.60. The molecule has 86 valence electrons. The van der Waals surface area contributed by atoms with Crippen LogP contribution in [0.25, 0.3) is 0 Å². The second kappa shape index (κ2) is 4.28. The smallest absolute Gasteiger partial charge is 0.179 e. The standard InChI is InChI=1S/C10H11NO5/c11-6-1-3-10(4-2-6,9(15)16)5-7(12)8(13)14/h1-4,6H,5,11H2,(H,13,14)(H,15,16)/p-1. The summed E-state index contributed by atoms with van der Waals surface area (Å²) in [5.74, 6) is -4.71. The lowest BCUT2D eigenvalue weighted by Gasteiger charge is -2.30. The molecule has 3 N–H and O–H groups in total. The second-order valence-electron chi connectivity index (χ2n) is 3.60. The molecule has 0 amide bonds. The molecule has 0 bridgehead atoms. The van der Waals surface area contributed by atoms with Gasteiger partial charge in [-0.1, -0.05) is 12.2 Å². The average Bonchev–Trinajstić information content (AvgIpc) is 2.21. The first-order valence-corrected chi connectivity index (χ1v) is 4.55. The monoisotopic (exact) mass is 224 g/mol. The molecule has 0 spiro atoms. The second-order valence-corrected chi connectivity index (χ2v) is 3.60. The predicted molar refractivity (Wildman–Crippen MR) is 47.0 cm³/mol. The van der Waals surface area contributed by atoms with Crippen LogP contribution in [-0.2, 0) is 14.4 Å². The molecule has 0 aromatic rings. The normalized spacial score (nSPS) is 27.7. The fourth-order valence-corrected chi connectivity index (χ4v) is 1.37. The van der Waals surface area contributed by atoms with Crippen molar-refractivity contribution in [3.63, 3.8) is 0 Å². The number of rotatable bonds is 4. The van der Waals surface area contributed by atoms with Crippen molar-refractivity contribution in [2.75, 3.05) is 0 Å². The molecule has 1 rings (SSSR count). The van der Waals surface area contributed by atoms with Crippen molar-refractivity contribution in [1.82, 2.24) is 0 Å². The number of hydrogen-bond donors (Lipinski definition) is 1. The number of carboxylic acids is 2. The van der Waals surface area contributed by atoms with Gasteiger partial charge in [-0.15, -0.1) is 0 Å². The van der Waals surface area contributed by atoms with Crippen LogP contribution in [0.3, 0.4) is 0 Å². The van der Waals surface area contributed by atoms with Gasteiger partial charge in [0.25, 0.3) is 0 Å². The molecule has 0 fully saturated rings. The first-order chi connectivity index (χ1) is 7.37. The molecule has 0 aromatic carbocycles. The molecule has 0 aliphatic heterocycles. The Kier molecular flexibility index (Phi) is 3.24. The van der Waals surface area contributed by atoms with Crippen LogP contribution in [0, 0.1) is 5.41 Å². The molecule has 0 saturated heterocycles. The van der Waals surface area contributed by atoms with Crippen LogP contribution in [-0.4, -0.2) is 23.8 Å². The molecular formula is C10H10NO5-. The maximum Gasteiger partial charge on any atom is 0.179 e. The van der Waals surface area contributed by atoms with E-state index in [1.54, 1.807) is 0 Å².